The van der Waals surface area contributed by atoms with Crippen LogP contribution in [-0.2, 0) is 4.52 Å². The van der Waals surface area contributed by atoms with Crippen LogP contribution in [-0.4, -0.2) is 20.1 Å². The predicted octanol–water partition coefficient (Wildman–Crippen LogP) is 2.79. The summed E-state index contributed by atoms with van der Waals surface area (Å²) in [6.45, 7) is 2.12. The molecule has 0 fully saturated rings. The first-order valence-corrected chi connectivity index (χ1v) is 7.51. The van der Waals surface area contributed by atoms with Crippen LogP contribution in [0.1, 0.15) is 12.5 Å². The van der Waals surface area contributed by atoms with E-state index >= 15 is 0 Å². The van der Waals surface area contributed by atoms with Crippen LogP contribution in [0.3, 0.4) is 0 Å². The molecule has 0 radical (unpaired) electrons. The quantitative estimate of drug-likeness (QED) is 0.620. The lowest BCUT2D eigenvalue weighted by molar-refractivity contribution is 0.572. The molecule has 1 aliphatic heterocycles. The summed E-state index contributed by atoms with van der Waals surface area (Å²) in [5, 5.41) is 1.24. The van der Waals surface area contributed by atoms with Crippen molar-refractivity contribution in [1.29, 1.82) is 0 Å². The molecule has 0 amide bonds. The molecule has 4 heteroatoms. The van der Waals surface area contributed by atoms with E-state index in [1.807, 2.05) is 24.3 Å². The average Bonchev–Trinajstić information content (AvgIpc) is 2.77. The Balaban J connectivity index is 0.00000147. The molecule has 3 rings (SSSR count). The molecular weight excluding hydrogens is 264 g/mol. The maximum Gasteiger partial charge on any atom is 0.225 e. The summed E-state index contributed by atoms with van der Waals surface area (Å²) < 4.78 is 8.47. The minimum absolute atomic E-state index is 0. The van der Waals surface area contributed by atoms with Gasteiger partial charge < -0.3 is 9.19 Å². The van der Waals surface area contributed by atoms with Crippen LogP contribution in [0.2, 0.25) is 0 Å². The van der Waals surface area contributed by atoms with Crippen molar-refractivity contribution in [3.05, 3.63) is 71.9 Å². The van der Waals surface area contributed by atoms with Gasteiger partial charge in [-0.1, -0.05) is 48.5 Å². The SMILES string of the molecule is B.CC1=C(c2ccccc2)O[P@](c2ccccc2)N1C. The molecule has 0 aliphatic carbocycles. The fourth-order valence-electron chi connectivity index (χ4n) is 2.13. The number of hydrogen-bond acceptors (Lipinski definition) is 2. The van der Waals surface area contributed by atoms with E-state index in [1.54, 1.807) is 0 Å². The first-order chi connectivity index (χ1) is 9.27. The highest BCUT2D eigenvalue weighted by molar-refractivity contribution is 7.59. The largest absolute Gasteiger partial charge is 0.446 e. The molecular formula is C16H19BNOP. The molecule has 1 atom stereocenters. The van der Waals surface area contributed by atoms with Crippen molar-refractivity contribution < 1.29 is 4.52 Å². The molecule has 0 unspecified atom stereocenters. The van der Waals surface area contributed by atoms with Crippen LogP contribution >= 0.6 is 8.30 Å². The minimum atomic E-state index is -0.744. The molecule has 1 aliphatic rings. The van der Waals surface area contributed by atoms with Gasteiger partial charge in [0.2, 0.25) is 8.30 Å². The maximum absolute atomic E-state index is 6.23. The van der Waals surface area contributed by atoms with Gasteiger partial charge in [-0.3, -0.25) is 0 Å². The molecule has 1 heterocycles. The van der Waals surface area contributed by atoms with Crippen molar-refractivity contribution in [2.75, 3.05) is 7.05 Å². The Labute approximate surface area is 123 Å². The Bertz CT molecular complexity index is 600. The fraction of sp³-hybridized carbons (Fsp3) is 0.125. The maximum atomic E-state index is 6.23. The third-order valence-electron chi connectivity index (χ3n) is 3.28. The molecule has 0 aromatic heterocycles. The van der Waals surface area contributed by atoms with Crippen molar-refractivity contribution in [3.8, 4) is 0 Å². The van der Waals surface area contributed by atoms with Gasteiger partial charge in [0.25, 0.3) is 0 Å². The predicted molar refractivity (Wildman–Crippen MR) is 90.8 cm³/mol. The average molecular weight is 283 g/mol. The third-order valence-corrected chi connectivity index (χ3v) is 5.22. The first-order valence-electron chi connectivity index (χ1n) is 6.30. The van der Waals surface area contributed by atoms with Crippen LogP contribution in [0.5, 0.6) is 0 Å². The zero-order valence-corrected chi connectivity index (χ0v) is 12.0. The van der Waals surface area contributed by atoms with E-state index in [0.29, 0.717) is 0 Å². The van der Waals surface area contributed by atoms with E-state index in [1.165, 1.54) is 11.0 Å². The molecule has 2 aromatic rings. The van der Waals surface area contributed by atoms with Crippen molar-refractivity contribution in [2.45, 2.75) is 6.92 Å². The Hall–Kier alpha value is -1.73. The molecule has 102 valence electrons. The Morgan fingerprint density at radius 1 is 0.900 bits per heavy atom. The molecule has 0 N–H and O–H groups in total. The summed E-state index contributed by atoms with van der Waals surface area (Å²) >= 11 is 0. The molecule has 2 nitrogen and oxygen atoms in total. The minimum Gasteiger partial charge on any atom is -0.446 e. The summed E-state index contributed by atoms with van der Waals surface area (Å²) in [6, 6.07) is 20.7. The summed E-state index contributed by atoms with van der Waals surface area (Å²) in [5.74, 6) is 0.998. The van der Waals surface area contributed by atoms with Crippen molar-refractivity contribution >= 4 is 27.8 Å². The molecule has 2 aromatic carbocycles. The molecule has 0 saturated heterocycles. The number of hydrogen-bond donors (Lipinski definition) is 0. The summed E-state index contributed by atoms with van der Waals surface area (Å²) in [5.41, 5.74) is 2.34. The topological polar surface area (TPSA) is 12.5 Å². The lowest BCUT2D eigenvalue weighted by Crippen LogP contribution is -2.12. The van der Waals surface area contributed by atoms with Gasteiger partial charge >= 0.3 is 0 Å². The van der Waals surface area contributed by atoms with Gasteiger partial charge in [0.15, 0.2) is 5.76 Å². The number of rotatable bonds is 2. The Morgan fingerprint density at radius 3 is 2.05 bits per heavy atom. The highest BCUT2D eigenvalue weighted by Crippen LogP contribution is 2.53. The second-order valence-corrected chi connectivity index (χ2v) is 6.35. The van der Waals surface area contributed by atoms with Gasteiger partial charge in [-0.2, -0.15) is 0 Å². The summed E-state index contributed by atoms with van der Waals surface area (Å²) in [6.07, 6.45) is 0. The number of allylic oxidation sites excluding steroid dienone is 1. The van der Waals surface area contributed by atoms with Crippen LogP contribution in [0.15, 0.2) is 66.4 Å². The van der Waals surface area contributed by atoms with E-state index in [2.05, 4.69) is 55.0 Å². The van der Waals surface area contributed by atoms with Crippen molar-refractivity contribution in [1.82, 2.24) is 4.67 Å². The summed E-state index contributed by atoms with van der Waals surface area (Å²) in [4.78, 5) is 0. The van der Waals surface area contributed by atoms with Crippen LogP contribution in [0.25, 0.3) is 5.76 Å². The van der Waals surface area contributed by atoms with Gasteiger partial charge in [-0.15, -0.1) is 0 Å². The van der Waals surface area contributed by atoms with Crippen LogP contribution < -0.4 is 5.30 Å². The van der Waals surface area contributed by atoms with Gasteiger partial charge in [0.05, 0.1) is 14.1 Å². The normalized spacial score (nSPS) is 17.7. The lowest BCUT2D eigenvalue weighted by Gasteiger charge is -2.20. The monoisotopic (exact) mass is 283 g/mol. The van der Waals surface area contributed by atoms with Gasteiger partial charge in [0.1, 0.15) is 0 Å². The van der Waals surface area contributed by atoms with Crippen molar-refractivity contribution in [3.63, 3.8) is 0 Å². The molecule has 0 spiro atoms. The Morgan fingerprint density at radius 2 is 1.45 bits per heavy atom. The van der Waals surface area contributed by atoms with E-state index < -0.39 is 8.30 Å². The second-order valence-electron chi connectivity index (χ2n) is 4.50. The first kappa shape index (κ1) is 14.7. The number of nitrogens with zero attached hydrogens (tertiary/aromatic N) is 1. The van der Waals surface area contributed by atoms with Gasteiger partial charge in [-0.25, -0.2) is 0 Å². The highest BCUT2D eigenvalue weighted by Gasteiger charge is 2.31. The van der Waals surface area contributed by atoms with Gasteiger partial charge in [-0.05, 0) is 19.1 Å². The highest BCUT2D eigenvalue weighted by atomic mass is 31.2. The number of benzene rings is 2. The van der Waals surface area contributed by atoms with E-state index in [-0.39, 0.29) is 8.41 Å². The second kappa shape index (κ2) is 6.15. The molecule has 0 bridgehead atoms. The lowest BCUT2D eigenvalue weighted by atomic mass is 10.1. The van der Waals surface area contributed by atoms with Crippen molar-refractivity contribution in [2.24, 2.45) is 0 Å². The Kier molecular flexibility index (Phi) is 4.51. The van der Waals surface area contributed by atoms with E-state index in [4.69, 9.17) is 4.52 Å². The van der Waals surface area contributed by atoms with Crippen LogP contribution in [0.4, 0.5) is 0 Å². The van der Waals surface area contributed by atoms with E-state index in [9.17, 15) is 0 Å². The zero-order chi connectivity index (χ0) is 13.2. The molecule has 20 heavy (non-hydrogen) atoms. The van der Waals surface area contributed by atoms with Gasteiger partial charge in [0, 0.05) is 17.9 Å². The van der Waals surface area contributed by atoms with E-state index in [0.717, 1.165) is 11.3 Å². The fourth-order valence-corrected chi connectivity index (χ4v) is 3.90. The standard InChI is InChI=1S/C16H16NOP.BH3/c1-13-16(14-9-5-3-6-10-14)18-19(17(13)2)15-11-7-4-8-12-15;/h3-12H,1-2H3;1H3/t19-;/m1./s1. The third kappa shape index (κ3) is 2.59. The van der Waals surface area contributed by atoms with Crippen LogP contribution in [0, 0.1) is 0 Å². The summed E-state index contributed by atoms with van der Waals surface area (Å²) in [7, 11) is 1.36. The smallest absolute Gasteiger partial charge is 0.225 e. The zero-order valence-electron chi connectivity index (χ0n) is 11.1. The molecule has 0 saturated carbocycles.